The Morgan fingerprint density at radius 1 is 0.407 bits per heavy atom. The van der Waals surface area contributed by atoms with Crippen molar-refractivity contribution in [1.82, 2.24) is 37.2 Å². The number of hydrogen-bond donors (Lipinski definition) is 8. The molecule has 0 atom stereocenters. The lowest BCUT2D eigenvalue weighted by Crippen LogP contribution is -2.36. The van der Waals surface area contributed by atoms with Gasteiger partial charge in [-0.25, -0.2) is 5.90 Å². The molecular formula is C36H66N10O8. The average Bonchev–Trinajstić information content (AvgIpc) is 3.89. The van der Waals surface area contributed by atoms with E-state index in [0.717, 1.165) is 70.6 Å². The van der Waals surface area contributed by atoms with E-state index in [2.05, 4.69) is 52.3 Å². The van der Waals surface area contributed by atoms with Crippen LogP contribution in [0.4, 0.5) is 0 Å². The lowest BCUT2D eigenvalue weighted by atomic mass is 10.1. The van der Waals surface area contributed by atoms with Crippen LogP contribution in [0.15, 0.2) is 10.2 Å². The van der Waals surface area contributed by atoms with Gasteiger partial charge in [0.15, 0.2) is 5.66 Å². The summed E-state index contributed by atoms with van der Waals surface area (Å²) in [6.07, 6.45) is 12.2. The van der Waals surface area contributed by atoms with Crippen LogP contribution in [0.1, 0.15) is 129 Å². The molecule has 0 saturated heterocycles. The minimum Gasteiger partial charge on any atom is -0.356 e. The molecule has 0 aromatic rings. The van der Waals surface area contributed by atoms with E-state index in [9.17, 15) is 33.6 Å². The highest BCUT2D eigenvalue weighted by Crippen LogP contribution is 2.31. The third-order valence-corrected chi connectivity index (χ3v) is 8.54. The molecule has 54 heavy (non-hydrogen) atoms. The van der Waals surface area contributed by atoms with Gasteiger partial charge in [0.2, 0.25) is 41.4 Å². The van der Waals surface area contributed by atoms with Crippen molar-refractivity contribution in [3.8, 4) is 0 Å². The fourth-order valence-corrected chi connectivity index (χ4v) is 5.15. The van der Waals surface area contributed by atoms with E-state index in [1.54, 1.807) is 0 Å². The average molecular weight is 767 g/mol. The van der Waals surface area contributed by atoms with Crippen LogP contribution in [0.5, 0.6) is 0 Å². The summed E-state index contributed by atoms with van der Waals surface area (Å²) in [4.78, 5) is 87.1. The molecule has 1 heterocycles. The van der Waals surface area contributed by atoms with Gasteiger partial charge in [-0.15, -0.1) is 0 Å². The zero-order valence-electron chi connectivity index (χ0n) is 32.3. The Balaban J connectivity index is 1.82. The molecule has 7 amide bonds. The van der Waals surface area contributed by atoms with E-state index in [0.29, 0.717) is 77.8 Å². The maximum Gasteiger partial charge on any atom is 0.248 e. The van der Waals surface area contributed by atoms with Gasteiger partial charge in [-0.2, -0.15) is 10.2 Å². The number of nitrogens with zero attached hydrogens (tertiary/aromatic N) is 2. The Morgan fingerprint density at radius 2 is 0.704 bits per heavy atom. The number of carbonyl (C=O) groups excluding carboxylic acids is 7. The van der Waals surface area contributed by atoms with Gasteiger partial charge in [-0.1, -0.05) is 19.3 Å². The number of nitrogens with one attached hydrogen (secondary N) is 7. The van der Waals surface area contributed by atoms with Crippen LogP contribution in [-0.2, 0) is 38.4 Å². The molecule has 0 saturated carbocycles. The quantitative estimate of drug-likeness (QED) is 0.0341. The van der Waals surface area contributed by atoms with Crippen molar-refractivity contribution < 1.29 is 38.4 Å². The Bertz CT molecular complexity index is 1160. The zero-order valence-corrected chi connectivity index (χ0v) is 32.3. The predicted octanol–water partition coefficient (Wildman–Crippen LogP) is 1.28. The van der Waals surface area contributed by atoms with Crippen molar-refractivity contribution in [2.75, 3.05) is 52.4 Å². The predicted molar refractivity (Wildman–Crippen MR) is 202 cm³/mol. The van der Waals surface area contributed by atoms with Crippen LogP contribution in [0, 0.1) is 0 Å². The molecule has 0 unspecified atom stereocenters. The van der Waals surface area contributed by atoms with Crippen molar-refractivity contribution in [2.45, 2.75) is 135 Å². The third-order valence-electron chi connectivity index (χ3n) is 8.54. The van der Waals surface area contributed by atoms with Crippen LogP contribution >= 0.6 is 0 Å². The SMILES string of the molecule is CC1(CCC(=O)NCCCCCC(=O)NCCCCCC(=O)NCCCCCNC(=O)CCC(=O)NCCCCCC(=O)NCCNC(=O)CON)N=N1. The first-order valence-electron chi connectivity index (χ1n) is 19.7. The van der Waals surface area contributed by atoms with Crippen LogP contribution in [0.25, 0.3) is 0 Å². The van der Waals surface area contributed by atoms with Gasteiger partial charge in [-0.3, -0.25) is 38.4 Å². The van der Waals surface area contributed by atoms with Gasteiger partial charge in [0.25, 0.3) is 0 Å². The Labute approximate surface area is 319 Å². The summed E-state index contributed by atoms with van der Waals surface area (Å²) >= 11 is 0. The molecule has 0 aromatic heterocycles. The summed E-state index contributed by atoms with van der Waals surface area (Å²) in [5.41, 5.74) is -0.345. The van der Waals surface area contributed by atoms with E-state index in [1.165, 1.54) is 0 Å². The molecule has 0 bridgehead atoms. The molecule has 9 N–H and O–H groups in total. The summed E-state index contributed by atoms with van der Waals surface area (Å²) in [6.45, 7) is 5.07. The van der Waals surface area contributed by atoms with E-state index in [4.69, 9.17) is 5.90 Å². The normalized spacial score (nSPS) is 12.3. The minimum atomic E-state index is -0.355. The topological polar surface area (TPSA) is 264 Å². The van der Waals surface area contributed by atoms with Crippen molar-refractivity contribution in [3.63, 3.8) is 0 Å². The molecule has 1 aliphatic rings. The summed E-state index contributed by atoms with van der Waals surface area (Å²) < 4.78 is 0. The molecule has 1 rings (SSSR count). The highest BCUT2D eigenvalue weighted by Gasteiger charge is 2.33. The number of nitrogens with two attached hydrogens (primary N) is 1. The molecule has 0 aromatic carbocycles. The van der Waals surface area contributed by atoms with Crippen molar-refractivity contribution in [2.24, 2.45) is 16.1 Å². The summed E-state index contributed by atoms with van der Waals surface area (Å²) in [7, 11) is 0. The lowest BCUT2D eigenvalue weighted by molar-refractivity contribution is -0.126. The fraction of sp³-hybridized carbons (Fsp3) is 0.806. The van der Waals surface area contributed by atoms with Gasteiger partial charge in [0, 0.05) is 90.8 Å². The monoisotopic (exact) mass is 767 g/mol. The summed E-state index contributed by atoms with van der Waals surface area (Å²) in [5.74, 6) is 4.04. The first kappa shape index (κ1) is 47.8. The highest BCUT2D eigenvalue weighted by atomic mass is 16.6. The second-order valence-corrected chi connectivity index (χ2v) is 13.7. The lowest BCUT2D eigenvalue weighted by Gasteiger charge is -2.08. The van der Waals surface area contributed by atoms with E-state index in [1.807, 2.05) is 6.92 Å². The van der Waals surface area contributed by atoms with Crippen LogP contribution in [0.2, 0.25) is 0 Å². The smallest absolute Gasteiger partial charge is 0.248 e. The maximum atomic E-state index is 12.1. The van der Waals surface area contributed by atoms with E-state index >= 15 is 0 Å². The molecule has 308 valence electrons. The number of carbonyl (C=O) groups is 7. The Morgan fingerprint density at radius 3 is 1.06 bits per heavy atom. The number of unbranched alkanes of at least 4 members (excludes halogenated alkanes) is 8. The first-order valence-corrected chi connectivity index (χ1v) is 19.7. The summed E-state index contributed by atoms with van der Waals surface area (Å²) in [5, 5.41) is 27.4. The van der Waals surface area contributed by atoms with E-state index < -0.39 is 0 Å². The zero-order chi connectivity index (χ0) is 39.7. The van der Waals surface area contributed by atoms with Gasteiger partial charge in [0.05, 0.1) is 0 Å². The maximum absolute atomic E-state index is 12.1. The number of amides is 7. The van der Waals surface area contributed by atoms with Gasteiger partial charge in [-0.05, 0) is 64.7 Å². The van der Waals surface area contributed by atoms with E-state index in [-0.39, 0.29) is 73.0 Å². The summed E-state index contributed by atoms with van der Waals surface area (Å²) in [6, 6.07) is 0. The molecule has 0 aliphatic carbocycles. The molecule has 0 spiro atoms. The second kappa shape index (κ2) is 31.2. The van der Waals surface area contributed by atoms with Gasteiger partial charge >= 0.3 is 0 Å². The van der Waals surface area contributed by atoms with Crippen LogP contribution in [0.3, 0.4) is 0 Å². The largest absolute Gasteiger partial charge is 0.356 e. The highest BCUT2D eigenvalue weighted by molar-refractivity contribution is 5.83. The Kier molecular flexibility index (Phi) is 27.6. The third kappa shape index (κ3) is 30.3. The van der Waals surface area contributed by atoms with Gasteiger partial charge < -0.3 is 37.2 Å². The second-order valence-electron chi connectivity index (χ2n) is 13.7. The molecule has 18 nitrogen and oxygen atoms in total. The van der Waals surface area contributed by atoms with Crippen molar-refractivity contribution in [3.05, 3.63) is 0 Å². The number of hydrogen-bond acceptors (Lipinski definition) is 11. The fourth-order valence-electron chi connectivity index (χ4n) is 5.15. The number of rotatable bonds is 35. The van der Waals surface area contributed by atoms with Gasteiger partial charge in [0.1, 0.15) is 6.61 Å². The van der Waals surface area contributed by atoms with Crippen LogP contribution < -0.4 is 43.1 Å². The Hall–Kier alpha value is -4.19. The standard InChI is InChI=1S/C36H66N10O8/c1-36(45-46-36)20-19-34(52)42-23-11-3-7-14-29(47)38-21-9-2-6-15-30(48)39-24-12-5-13-25-41-33(51)18-17-32(50)40-22-10-4-8-16-31(49)43-26-27-44-35(53)28-54-37/h2-28,37H2,1H3,(H,38,47)(H,39,48)(H,40,50)(H,41,51)(H,42,52)(H,43,49)(H,44,53). The molecule has 1 aliphatic heterocycles. The van der Waals surface area contributed by atoms with Crippen molar-refractivity contribution in [1.29, 1.82) is 0 Å². The molecule has 0 radical (unpaired) electrons. The first-order chi connectivity index (χ1) is 26.0. The molecular weight excluding hydrogens is 700 g/mol. The molecule has 18 heteroatoms. The van der Waals surface area contributed by atoms with Crippen molar-refractivity contribution >= 4 is 41.4 Å². The van der Waals surface area contributed by atoms with Crippen LogP contribution in [-0.4, -0.2) is 99.4 Å². The minimum absolute atomic E-state index is 0.0135. The molecule has 0 fully saturated rings.